The third kappa shape index (κ3) is 5.62. The molecule has 0 unspecified atom stereocenters. The van der Waals surface area contributed by atoms with Gasteiger partial charge < -0.3 is 14.9 Å². The maximum atomic E-state index is 13.5. The zero-order valence-electron chi connectivity index (χ0n) is 19.2. The molecule has 0 bridgehead atoms. The largest absolute Gasteiger partial charge is 0.477 e. The quantitative estimate of drug-likeness (QED) is 0.668. The molecule has 6 nitrogen and oxygen atoms in total. The summed E-state index contributed by atoms with van der Waals surface area (Å²) in [6.45, 7) is 13.1. The molecule has 1 N–H and O–H groups in total. The Hall–Kier alpha value is -1.89. The van der Waals surface area contributed by atoms with Crippen LogP contribution in [0.5, 0.6) is 0 Å². The van der Waals surface area contributed by atoms with Crippen LogP contribution in [0.2, 0.25) is 0 Å². The van der Waals surface area contributed by atoms with Crippen molar-refractivity contribution in [1.29, 1.82) is 0 Å². The molecule has 1 heterocycles. The Kier molecular flexibility index (Phi) is 8.08. The van der Waals surface area contributed by atoms with Crippen LogP contribution in [0.25, 0.3) is 0 Å². The molecule has 1 fully saturated rings. The Morgan fingerprint density at radius 3 is 2.13 bits per heavy atom. The van der Waals surface area contributed by atoms with Crippen LogP contribution in [0.3, 0.4) is 0 Å². The first-order valence-corrected chi connectivity index (χ1v) is 11.8. The van der Waals surface area contributed by atoms with Gasteiger partial charge in [0.05, 0.1) is 5.69 Å². The number of rotatable bonds is 7. The fourth-order valence-electron chi connectivity index (χ4n) is 3.93. The highest BCUT2D eigenvalue weighted by Crippen LogP contribution is 2.39. The van der Waals surface area contributed by atoms with E-state index in [1.165, 1.54) is 16.2 Å². The lowest BCUT2D eigenvalue weighted by atomic mass is 9.82. The SMILES string of the molecule is CCN(CC)C(=O)CN(c1cc(C(C)(C)C)sc1C(=O)O)C(=O)[C@H]1CC[C@H](C)CC1. The number of carboxylic acids is 1. The molecule has 0 radical (unpaired) electrons. The van der Waals surface area contributed by atoms with Gasteiger partial charge in [0.25, 0.3) is 0 Å². The smallest absolute Gasteiger partial charge is 0.348 e. The highest BCUT2D eigenvalue weighted by atomic mass is 32.1. The highest BCUT2D eigenvalue weighted by molar-refractivity contribution is 7.14. The Morgan fingerprint density at radius 1 is 1.10 bits per heavy atom. The van der Waals surface area contributed by atoms with Crippen LogP contribution in [-0.2, 0) is 15.0 Å². The van der Waals surface area contributed by atoms with Gasteiger partial charge in [0, 0.05) is 23.9 Å². The average molecular weight is 437 g/mol. The fraction of sp³-hybridized carbons (Fsp3) is 0.696. The second-order valence-electron chi connectivity index (χ2n) is 9.33. The van der Waals surface area contributed by atoms with Crippen LogP contribution in [0, 0.1) is 11.8 Å². The summed E-state index contributed by atoms with van der Waals surface area (Å²) < 4.78 is 0. The van der Waals surface area contributed by atoms with Crippen LogP contribution in [0.15, 0.2) is 6.07 Å². The summed E-state index contributed by atoms with van der Waals surface area (Å²) in [4.78, 5) is 42.6. The van der Waals surface area contributed by atoms with E-state index < -0.39 is 5.97 Å². The van der Waals surface area contributed by atoms with Gasteiger partial charge in [-0.1, -0.05) is 27.7 Å². The molecule has 7 heteroatoms. The van der Waals surface area contributed by atoms with Crippen molar-refractivity contribution in [3.05, 3.63) is 15.8 Å². The molecule has 0 aliphatic heterocycles. The minimum Gasteiger partial charge on any atom is -0.477 e. The minimum atomic E-state index is -1.06. The van der Waals surface area contributed by atoms with Crippen LogP contribution in [-0.4, -0.2) is 47.4 Å². The molecule has 1 saturated carbocycles. The number of likely N-dealkylation sites (N-methyl/N-ethyl adjacent to an activating group) is 1. The zero-order valence-corrected chi connectivity index (χ0v) is 20.0. The van der Waals surface area contributed by atoms with E-state index in [2.05, 4.69) is 6.92 Å². The van der Waals surface area contributed by atoms with Crippen molar-refractivity contribution in [2.45, 2.75) is 72.6 Å². The van der Waals surface area contributed by atoms with Gasteiger partial charge in [-0.15, -0.1) is 11.3 Å². The van der Waals surface area contributed by atoms with Crippen LogP contribution in [0.1, 0.15) is 81.8 Å². The predicted octanol–water partition coefficient (Wildman–Crippen LogP) is 4.77. The average Bonchev–Trinajstić information content (AvgIpc) is 3.13. The molecule has 1 aromatic heterocycles. The summed E-state index contributed by atoms with van der Waals surface area (Å²) in [7, 11) is 0. The molecule has 1 aliphatic rings. The fourth-order valence-corrected chi connectivity index (χ4v) is 4.98. The van der Waals surface area contributed by atoms with Crippen molar-refractivity contribution in [2.75, 3.05) is 24.5 Å². The van der Waals surface area contributed by atoms with Crippen molar-refractivity contribution in [2.24, 2.45) is 11.8 Å². The molecule has 2 amide bonds. The molecule has 0 spiro atoms. The molecule has 1 aromatic rings. The maximum absolute atomic E-state index is 13.5. The van der Waals surface area contributed by atoms with E-state index in [4.69, 9.17) is 0 Å². The van der Waals surface area contributed by atoms with E-state index in [1.807, 2.05) is 34.6 Å². The van der Waals surface area contributed by atoms with E-state index >= 15 is 0 Å². The number of carbonyl (C=O) groups excluding carboxylic acids is 2. The number of aromatic carboxylic acids is 1. The summed E-state index contributed by atoms with van der Waals surface area (Å²) in [5, 5.41) is 9.83. The Labute approximate surface area is 184 Å². The van der Waals surface area contributed by atoms with Crippen LogP contribution < -0.4 is 4.90 Å². The third-order valence-electron chi connectivity index (χ3n) is 5.98. The minimum absolute atomic E-state index is 0.118. The maximum Gasteiger partial charge on any atom is 0.348 e. The first kappa shape index (κ1) is 24.4. The molecule has 0 aromatic carbocycles. The Balaban J connectivity index is 2.47. The standard InChI is InChI=1S/C23H36N2O4S/c1-7-24(8-2)19(26)14-25(21(27)16-11-9-15(3)10-12-16)17-13-18(23(4,5)6)30-20(17)22(28)29/h13,15-16H,7-12,14H2,1-6H3,(H,28,29)/t15-,16-. The van der Waals surface area contributed by atoms with Crippen molar-refractivity contribution >= 4 is 34.8 Å². The number of thiophene rings is 1. The molecule has 2 rings (SSSR count). The van der Waals surface area contributed by atoms with Gasteiger partial charge in [-0.25, -0.2) is 4.79 Å². The molecule has 0 atom stereocenters. The number of hydrogen-bond donors (Lipinski definition) is 1. The number of carboxylic acid groups (broad SMARTS) is 1. The van der Waals surface area contributed by atoms with Crippen molar-refractivity contribution in [3.8, 4) is 0 Å². The van der Waals surface area contributed by atoms with E-state index in [0.717, 1.165) is 30.6 Å². The Bertz CT molecular complexity index is 769. The summed E-state index contributed by atoms with van der Waals surface area (Å²) in [6.07, 6.45) is 3.54. The van der Waals surface area contributed by atoms with Gasteiger partial charge in [-0.2, -0.15) is 0 Å². The van der Waals surface area contributed by atoms with E-state index in [0.29, 0.717) is 24.7 Å². The predicted molar refractivity (Wildman–Crippen MR) is 121 cm³/mol. The first-order valence-electron chi connectivity index (χ1n) is 11.0. The summed E-state index contributed by atoms with van der Waals surface area (Å²) in [6, 6.07) is 1.80. The van der Waals surface area contributed by atoms with Crippen LogP contribution in [0.4, 0.5) is 5.69 Å². The number of amides is 2. The van der Waals surface area contributed by atoms with Gasteiger partial charge in [0.1, 0.15) is 11.4 Å². The molecule has 1 aliphatic carbocycles. The van der Waals surface area contributed by atoms with E-state index in [1.54, 1.807) is 11.0 Å². The number of anilines is 1. The molecule has 168 valence electrons. The normalized spacial score (nSPS) is 19.4. The second kappa shape index (κ2) is 9.94. The molecule has 0 saturated heterocycles. The van der Waals surface area contributed by atoms with Crippen molar-refractivity contribution in [3.63, 3.8) is 0 Å². The van der Waals surface area contributed by atoms with Gasteiger partial charge >= 0.3 is 5.97 Å². The second-order valence-corrected chi connectivity index (χ2v) is 10.4. The molecular formula is C23H36N2O4S. The van der Waals surface area contributed by atoms with Gasteiger partial charge in [0.15, 0.2) is 0 Å². The Morgan fingerprint density at radius 2 is 1.67 bits per heavy atom. The number of nitrogens with zero attached hydrogens (tertiary/aromatic N) is 2. The summed E-state index contributed by atoms with van der Waals surface area (Å²) >= 11 is 1.20. The summed E-state index contributed by atoms with van der Waals surface area (Å²) in [5.74, 6) is -0.898. The van der Waals surface area contributed by atoms with Gasteiger partial charge in [-0.3, -0.25) is 9.59 Å². The topological polar surface area (TPSA) is 77.9 Å². The van der Waals surface area contributed by atoms with E-state index in [9.17, 15) is 19.5 Å². The number of carbonyl (C=O) groups is 3. The molecule has 30 heavy (non-hydrogen) atoms. The molecular weight excluding hydrogens is 400 g/mol. The van der Waals surface area contributed by atoms with Gasteiger partial charge in [0.2, 0.25) is 11.8 Å². The lowest BCUT2D eigenvalue weighted by Gasteiger charge is -2.32. The third-order valence-corrected chi connectivity index (χ3v) is 7.52. The van der Waals surface area contributed by atoms with Gasteiger partial charge in [-0.05, 0) is 56.9 Å². The monoisotopic (exact) mass is 436 g/mol. The van der Waals surface area contributed by atoms with Crippen molar-refractivity contribution < 1.29 is 19.5 Å². The zero-order chi connectivity index (χ0) is 22.6. The number of hydrogen-bond acceptors (Lipinski definition) is 4. The highest BCUT2D eigenvalue weighted by Gasteiger charge is 2.34. The van der Waals surface area contributed by atoms with Crippen LogP contribution >= 0.6 is 11.3 Å². The van der Waals surface area contributed by atoms with Crippen molar-refractivity contribution in [1.82, 2.24) is 4.90 Å². The first-order chi connectivity index (χ1) is 14.0. The van der Waals surface area contributed by atoms with E-state index in [-0.39, 0.29) is 34.6 Å². The summed E-state index contributed by atoms with van der Waals surface area (Å²) in [5.41, 5.74) is 0.117. The lowest BCUT2D eigenvalue weighted by molar-refractivity contribution is -0.132. The lowest BCUT2D eigenvalue weighted by Crippen LogP contribution is -2.46.